The Morgan fingerprint density at radius 2 is 1.90 bits per heavy atom. The molecule has 2 fully saturated rings. The predicted octanol–water partition coefficient (Wildman–Crippen LogP) is 5.18. The molecule has 1 saturated heterocycles. The molecule has 2 aromatic rings. The van der Waals surface area contributed by atoms with E-state index in [1.54, 1.807) is 0 Å². The van der Waals surface area contributed by atoms with Gasteiger partial charge in [0, 0.05) is 36.7 Å². The fraction of sp³-hybridized carbons (Fsp3) is 0.565. The van der Waals surface area contributed by atoms with Crippen LogP contribution in [0, 0.1) is 5.82 Å². The molecule has 2 aromatic heterocycles. The van der Waals surface area contributed by atoms with Crippen molar-refractivity contribution in [2.45, 2.75) is 68.7 Å². The molecule has 1 atom stereocenters. The van der Waals surface area contributed by atoms with Crippen molar-refractivity contribution in [3.8, 4) is 0 Å². The van der Waals surface area contributed by atoms with Crippen LogP contribution in [0.2, 0.25) is 0 Å². The van der Waals surface area contributed by atoms with Crippen LogP contribution in [0.5, 0.6) is 0 Å². The minimum absolute atomic E-state index is 0.0732. The number of nitrogens with one attached hydrogen (secondary N) is 1. The molecule has 1 saturated carbocycles. The fourth-order valence-corrected chi connectivity index (χ4v) is 5.14. The Morgan fingerprint density at radius 1 is 1.10 bits per heavy atom. The molecule has 0 bridgehead atoms. The standard InChI is InChI=1S/C23H27F4N3O/c24-18-13-17(15-30-20(18)23(25,26)27)14-28-11-8-21(19-5-1-4-10-29-19)9-12-31-22(16-21)6-2-3-7-22/h1,4-5,10,13,15,28H,2-3,6-9,11-12,14,16H2/t21-/m0/s1. The maximum Gasteiger partial charge on any atom is 0.436 e. The van der Waals surface area contributed by atoms with E-state index in [9.17, 15) is 17.6 Å². The van der Waals surface area contributed by atoms with Gasteiger partial charge in [0.05, 0.1) is 5.60 Å². The molecule has 0 unspecified atom stereocenters. The van der Waals surface area contributed by atoms with Crippen molar-refractivity contribution in [1.82, 2.24) is 15.3 Å². The Morgan fingerprint density at radius 3 is 2.58 bits per heavy atom. The van der Waals surface area contributed by atoms with Crippen LogP contribution in [0.3, 0.4) is 0 Å². The van der Waals surface area contributed by atoms with Gasteiger partial charge in [0.1, 0.15) is 0 Å². The zero-order valence-electron chi connectivity index (χ0n) is 17.3. The maximum atomic E-state index is 13.8. The van der Waals surface area contributed by atoms with Gasteiger partial charge >= 0.3 is 6.18 Å². The van der Waals surface area contributed by atoms with E-state index in [2.05, 4.69) is 21.4 Å². The van der Waals surface area contributed by atoms with E-state index in [0.29, 0.717) is 18.7 Å². The third-order valence-corrected chi connectivity index (χ3v) is 6.65. The number of pyridine rings is 2. The third-order valence-electron chi connectivity index (χ3n) is 6.65. The summed E-state index contributed by atoms with van der Waals surface area (Å²) in [6.45, 7) is 1.59. The quantitative estimate of drug-likeness (QED) is 0.500. The van der Waals surface area contributed by atoms with E-state index in [0.717, 1.165) is 50.1 Å². The summed E-state index contributed by atoms with van der Waals surface area (Å²) in [5.41, 5.74) is -0.212. The number of nitrogens with zero attached hydrogens (tertiary/aromatic N) is 2. The lowest BCUT2D eigenvalue weighted by Crippen LogP contribution is -2.47. The summed E-state index contributed by atoms with van der Waals surface area (Å²) in [6, 6.07) is 6.89. The maximum absolute atomic E-state index is 13.8. The van der Waals surface area contributed by atoms with E-state index < -0.39 is 17.7 Å². The normalized spacial score (nSPS) is 23.4. The molecule has 168 valence electrons. The second kappa shape index (κ2) is 8.82. The van der Waals surface area contributed by atoms with E-state index in [4.69, 9.17) is 4.74 Å². The van der Waals surface area contributed by atoms with Gasteiger partial charge in [-0.2, -0.15) is 13.2 Å². The van der Waals surface area contributed by atoms with Crippen molar-refractivity contribution in [2.24, 2.45) is 0 Å². The van der Waals surface area contributed by atoms with E-state index in [1.807, 2.05) is 18.3 Å². The molecule has 4 nitrogen and oxygen atoms in total. The van der Waals surface area contributed by atoms with Crippen LogP contribution in [-0.4, -0.2) is 28.7 Å². The summed E-state index contributed by atoms with van der Waals surface area (Å²) in [4.78, 5) is 7.92. The molecule has 1 aliphatic carbocycles. The number of alkyl halides is 3. The van der Waals surface area contributed by atoms with Gasteiger partial charge in [-0.15, -0.1) is 0 Å². The zero-order valence-corrected chi connectivity index (χ0v) is 17.3. The van der Waals surface area contributed by atoms with Crippen LogP contribution in [-0.2, 0) is 22.9 Å². The van der Waals surface area contributed by atoms with Crippen molar-refractivity contribution < 1.29 is 22.3 Å². The van der Waals surface area contributed by atoms with Crippen LogP contribution in [0.15, 0.2) is 36.7 Å². The lowest BCUT2D eigenvalue weighted by Gasteiger charge is -2.46. The van der Waals surface area contributed by atoms with Crippen LogP contribution in [0.4, 0.5) is 17.6 Å². The van der Waals surface area contributed by atoms with Gasteiger partial charge < -0.3 is 10.1 Å². The summed E-state index contributed by atoms with van der Waals surface area (Å²) < 4.78 is 58.1. The van der Waals surface area contributed by atoms with Crippen molar-refractivity contribution in [2.75, 3.05) is 13.2 Å². The molecule has 1 N–H and O–H groups in total. The summed E-state index contributed by atoms with van der Waals surface area (Å²) in [6.07, 6.45) is 5.26. The Balaban J connectivity index is 1.42. The van der Waals surface area contributed by atoms with Crippen LogP contribution >= 0.6 is 0 Å². The average molecular weight is 437 g/mol. The molecule has 1 spiro atoms. The van der Waals surface area contributed by atoms with Gasteiger partial charge in [-0.25, -0.2) is 9.37 Å². The molecule has 2 aliphatic rings. The topological polar surface area (TPSA) is 47.0 Å². The Kier molecular flexibility index (Phi) is 6.30. The van der Waals surface area contributed by atoms with Gasteiger partial charge in [-0.3, -0.25) is 4.98 Å². The lowest BCUT2D eigenvalue weighted by atomic mass is 9.68. The lowest BCUT2D eigenvalue weighted by molar-refractivity contribution is -0.143. The Bertz CT molecular complexity index is 884. The number of halogens is 4. The van der Waals surface area contributed by atoms with Gasteiger partial charge in [0.25, 0.3) is 0 Å². The molecular weight excluding hydrogens is 410 g/mol. The molecule has 0 radical (unpaired) electrons. The molecule has 3 heterocycles. The monoisotopic (exact) mass is 437 g/mol. The highest BCUT2D eigenvalue weighted by molar-refractivity contribution is 5.21. The molecule has 31 heavy (non-hydrogen) atoms. The average Bonchev–Trinajstić information content (AvgIpc) is 3.18. The molecule has 0 aromatic carbocycles. The summed E-state index contributed by atoms with van der Waals surface area (Å²) in [7, 11) is 0. The molecular formula is C23H27F4N3O. The molecule has 0 amide bonds. The van der Waals surface area contributed by atoms with E-state index in [-0.39, 0.29) is 17.6 Å². The highest BCUT2D eigenvalue weighted by Crippen LogP contribution is 2.49. The van der Waals surface area contributed by atoms with Gasteiger partial charge in [-0.05, 0) is 62.4 Å². The van der Waals surface area contributed by atoms with Gasteiger partial charge in [0.15, 0.2) is 11.5 Å². The highest BCUT2D eigenvalue weighted by Gasteiger charge is 2.48. The first-order valence-corrected chi connectivity index (χ1v) is 10.8. The number of hydrogen-bond donors (Lipinski definition) is 1. The number of rotatable bonds is 6. The van der Waals surface area contributed by atoms with Crippen molar-refractivity contribution in [3.05, 3.63) is 59.4 Å². The summed E-state index contributed by atoms with van der Waals surface area (Å²) in [5.74, 6) is -1.34. The van der Waals surface area contributed by atoms with Crippen LogP contribution in [0.25, 0.3) is 0 Å². The predicted molar refractivity (Wildman–Crippen MR) is 108 cm³/mol. The smallest absolute Gasteiger partial charge is 0.375 e. The summed E-state index contributed by atoms with van der Waals surface area (Å²) >= 11 is 0. The minimum atomic E-state index is -4.79. The number of hydrogen-bond acceptors (Lipinski definition) is 4. The van der Waals surface area contributed by atoms with Crippen LogP contribution in [0.1, 0.15) is 61.9 Å². The van der Waals surface area contributed by atoms with Crippen LogP contribution < -0.4 is 5.32 Å². The molecule has 8 heteroatoms. The number of aromatic nitrogens is 2. The first-order valence-electron chi connectivity index (χ1n) is 10.8. The van der Waals surface area contributed by atoms with Gasteiger partial charge in [0.2, 0.25) is 0 Å². The van der Waals surface area contributed by atoms with Gasteiger partial charge in [-0.1, -0.05) is 18.9 Å². The fourth-order valence-electron chi connectivity index (χ4n) is 5.14. The Hall–Kier alpha value is -2.06. The largest absolute Gasteiger partial charge is 0.436 e. The minimum Gasteiger partial charge on any atom is -0.375 e. The SMILES string of the molecule is Fc1cc(CNCC[C@]2(c3ccccn3)CCOC3(CCCC3)C2)cnc1C(F)(F)F. The molecule has 4 rings (SSSR count). The summed E-state index contributed by atoms with van der Waals surface area (Å²) in [5, 5.41) is 3.25. The van der Waals surface area contributed by atoms with Crippen molar-refractivity contribution in [1.29, 1.82) is 0 Å². The Labute approximate surface area is 179 Å². The first-order chi connectivity index (χ1) is 14.8. The first kappa shape index (κ1) is 22.1. The second-order valence-electron chi connectivity index (χ2n) is 8.76. The zero-order chi connectivity index (χ0) is 22.0. The van der Waals surface area contributed by atoms with E-state index >= 15 is 0 Å². The number of ether oxygens (including phenoxy) is 1. The van der Waals surface area contributed by atoms with E-state index in [1.165, 1.54) is 12.8 Å². The third kappa shape index (κ3) is 4.90. The highest BCUT2D eigenvalue weighted by atomic mass is 19.4. The molecule has 1 aliphatic heterocycles. The van der Waals surface area contributed by atoms with Crippen molar-refractivity contribution >= 4 is 0 Å². The second-order valence-corrected chi connectivity index (χ2v) is 8.76. The van der Waals surface area contributed by atoms with Crippen molar-refractivity contribution in [3.63, 3.8) is 0 Å².